The van der Waals surface area contributed by atoms with Crippen molar-refractivity contribution < 1.29 is 9.63 Å². The molecule has 4 aromatic rings. The Labute approximate surface area is 162 Å². The average molecular weight is 395 g/mol. The number of anilines is 1. The molecular weight excluding hydrogens is 378 g/mol. The summed E-state index contributed by atoms with van der Waals surface area (Å²) in [6.07, 6.45) is 5.19. The predicted molar refractivity (Wildman–Crippen MR) is 99.8 cm³/mol. The van der Waals surface area contributed by atoms with Crippen LogP contribution in [0.5, 0.6) is 5.88 Å². The highest BCUT2D eigenvalue weighted by molar-refractivity contribution is 5.57. The van der Waals surface area contributed by atoms with Gasteiger partial charge in [-0.3, -0.25) is 4.98 Å². The number of aryl methyl sites for hydroxylation is 1. The van der Waals surface area contributed by atoms with Crippen molar-refractivity contribution in [2.24, 2.45) is 4.99 Å². The van der Waals surface area contributed by atoms with Gasteiger partial charge in [-0.25, -0.2) is 9.79 Å². The van der Waals surface area contributed by atoms with Crippen LogP contribution in [0, 0.1) is 6.92 Å². The number of hydrogen-bond acceptors (Lipinski definition) is 9. The number of nitrogens with one attached hydrogen (secondary N) is 3. The molecule has 4 heterocycles. The van der Waals surface area contributed by atoms with Crippen LogP contribution in [0.2, 0.25) is 0 Å². The number of hydrogen-bond donors (Lipinski definition) is 4. The molecule has 4 N–H and O–H groups in total. The van der Waals surface area contributed by atoms with E-state index in [4.69, 9.17) is 4.52 Å². The van der Waals surface area contributed by atoms with E-state index < -0.39 is 5.69 Å². The van der Waals surface area contributed by atoms with Crippen LogP contribution in [0.4, 0.5) is 5.95 Å². The van der Waals surface area contributed by atoms with E-state index in [1.807, 2.05) is 13.0 Å². The second-order valence-corrected chi connectivity index (χ2v) is 6.81. The molecule has 12 heteroatoms. The van der Waals surface area contributed by atoms with Crippen molar-refractivity contribution >= 4 is 17.7 Å². The third kappa shape index (κ3) is 3.47. The van der Waals surface area contributed by atoms with Gasteiger partial charge in [0.25, 0.3) is 5.62 Å². The van der Waals surface area contributed by atoms with Crippen LogP contribution in [-0.4, -0.2) is 45.9 Å². The van der Waals surface area contributed by atoms with Crippen LogP contribution >= 0.6 is 0 Å². The zero-order chi connectivity index (χ0) is 20.0. The number of aromatic amines is 2. The number of imidazole rings is 1. The number of aromatic nitrogens is 7. The molecule has 1 aliphatic carbocycles. The van der Waals surface area contributed by atoms with Gasteiger partial charge in [-0.05, 0) is 25.8 Å². The van der Waals surface area contributed by atoms with Crippen LogP contribution in [0.25, 0.3) is 11.7 Å². The fourth-order valence-corrected chi connectivity index (χ4v) is 2.83. The summed E-state index contributed by atoms with van der Waals surface area (Å²) in [6, 6.07) is 2.06. The first-order valence-electron chi connectivity index (χ1n) is 9.04. The lowest BCUT2D eigenvalue weighted by atomic mass is 10.3. The monoisotopic (exact) mass is 395 g/mol. The van der Waals surface area contributed by atoms with E-state index in [9.17, 15) is 9.90 Å². The molecular formula is C17H17N9O3. The Hall–Kier alpha value is -3.96. The van der Waals surface area contributed by atoms with Crippen LogP contribution < -0.4 is 21.8 Å². The van der Waals surface area contributed by atoms with Crippen molar-refractivity contribution in [1.29, 1.82) is 0 Å². The quantitative estimate of drug-likeness (QED) is 0.347. The minimum atomic E-state index is -0.505. The highest BCUT2D eigenvalue weighted by Gasteiger charge is 2.21. The summed E-state index contributed by atoms with van der Waals surface area (Å²) in [5.41, 5.74) is 1.37. The summed E-state index contributed by atoms with van der Waals surface area (Å²) < 4.78 is 6.61. The van der Waals surface area contributed by atoms with Crippen molar-refractivity contribution in [3.8, 4) is 5.88 Å². The van der Waals surface area contributed by atoms with Gasteiger partial charge in [-0.1, -0.05) is 5.16 Å². The van der Waals surface area contributed by atoms with Gasteiger partial charge in [-0.15, -0.1) is 0 Å². The fourth-order valence-electron chi connectivity index (χ4n) is 2.83. The van der Waals surface area contributed by atoms with Crippen LogP contribution in [0.1, 0.15) is 30.0 Å². The molecule has 1 fully saturated rings. The van der Waals surface area contributed by atoms with Gasteiger partial charge in [0.05, 0.1) is 18.8 Å². The Morgan fingerprint density at radius 2 is 2.28 bits per heavy atom. The fraction of sp³-hybridized carbons (Fsp3) is 0.294. The van der Waals surface area contributed by atoms with Crippen molar-refractivity contribution in [1.82, 2.24) is 34.7 Å². The molecule has 0 unspecified atom stereocenters. The van der Waals surface area contributed by atoms with Crippen LogP contribution in [-0.2, 0) is 6.54 Å². The maximum atomic E-state index is 11.4. The lowest BCUT2D eigenvalue weighted by molar-refractivity contribution is 0.391. The maximum Gasteiger partial charge on any atom is 0.326 e. The number of H-pyrrole nitrogens is 2. The van der Waals surface area contributed by atoms with E-state index in [0.717, 1.165) is 24.3 Å². The van der Waals surface area contributed by atoms with E-state index in [1.54, 1.807) is 12.3 Å². The Balaban J connectivity index is 1.60. The van der Waals surface area contributed by atoms with Gasteiger partial charge in [0.2, 0.25) is 11.8 Å². The molecule has 1 aliphatic rings. The Morgan fingerprint density at radius 1 is 1.41 bits per heavy atom. The maximum absolute atomic E-state index is 11.4. The molecule has 148 valence electrons. The highest BCUT2D eigenvalue weighted by Crippen LogP contribution is 2.22. The Kier molecular flexibility index (Phi) is 3.89. The summed E-state index contributed by atoms with van der Waals surface area (Å²) in [4.78, 5) is 29.8. The smallest absolute Gasteiger partial charge is 0.326 e. The molecule has 0 spiro atoms. The summed E-state index contributed by atoms with van der Waals surface area (Å²) in [5.74, 6) is 0.820. The first kappa shape index (κ1) is 17.2. The summed E-state index contributed by atoms with van der Waals surface area (Å²) in [5, 5.41) is 21.8. The van der Waals surface area contributed by atoms with Crippen LogP contribution in [0.3, 0.4) is 0 Å². The van der Waals surface area contributed by atoms with Gasteiger partial charge in [0.1, 0.15) is 17.1 Å². The van der Waals surface area contributed by atoms with Crippen molar-refractivity contribution in [3.63, 3.8) is 0 Å². The van der Waals surface area contributed by atoms with Gasteiger partial charge in [0, 0.05) is 11.3 Å². The van der Waals surface area contributed by atoms with Crippen molar-refractivity contribution in [2.45, 2.75) is 32.4 Å². The third-order valence-corrected chi connectivity index (χ3v) is 4.36. The molecule has 4 aromatic heterocycles. The summed E-state index contributed by atoms with van der Waals surface area (Å²) in [6.45, 7) is 2.20. The normalized spacial score (nSPS) is 15.5. The topological polar surface area (TPSA) is 162 Å². The lowest BCUT2D eigenvalue weighted by Gasteiger charge is -2.03. The minimum absolute atomic E-state index is 0.233. The number of fused-ring (bicyclic) bond motifs is 1. The number of nitrogens with zero attached hydrogens (tertiary/aromatic N) is 6. The molecule has 1 saturated carbocycles. The van der Waals surface area contributed by atoms with Crippen LogP contribution in [0.15, 0.2) is 26.6 Å². The average Bonchev–Trinajstić information content (AvgIpc) is 3.10. The van der Waals surface area contributed by atoms with E-state index in [-0.39, 0.29) is 17.6 Å². The van der Waals surface area contributed by atoms with Gasteiger partial charge < -0.3 is 19.9 Å². The third-order valence-electron chi connectivity index (χ3n) is 4.36. The highest BCUT2D eigenvalue weighted by atomic mass is 16.5. The molecule has 5 rings (SSSR count). The van der Waals surface area contributed by atoms with Gasteiger partial charge >= 0.3 is 5.69 Å². The van der Waals surface area contributed by atoms with E-state index >= 15 is 0 Å². The summed E-state index contributed by atoms with van der Waals surface area (Å²) in [7, 11) is 0. The largest absolute Gasteiger partial charge is 0.493 e. The molecule has 0 aromatic carbocycles. The predicted octanol–water partition coefficient (Wildman–Crippen LogP) is -0.634. The van der Waals surface area contributed by atoms with E-state index in [2.05, 4.69) is 40.5 Å². The summed E-state index contributed by atoms with van der Waals surface area (Å²) >= 11 is 0. The molecule has 12 nitrogen and oxygen atoms in total. The molecule has 0 saturated heterocycles. The van der Waals surface area contributed by atoms with E-state index in [1.165, 1.54) is 4.52 Å². The number of rotatable bonds is 5. The second kappa shape index (κ2) is 6.58. The number of aromatic hydroxyl groups is 1. The van der Waals surface area contributed by atoms with Gasteiger partial charge in [0.15, 0.2) is 5.65 Å². The van der Waals surface area contributed by atoms with E-state index in [0.29, 0.717) is 29.0 Å². The SMILES string of the molecule is Cc1cc(CNc2nc(=NC3CC3)n3ncc(=Cc4[nH]c(=O)[nH]c4O)c3n2)no1. The zero-order valence-electron chi connectivity index (χ0n) is 15.4. The molecule has 0 atom stereocenters. The first-order valence-corrected chi connectivity index (χ1v) is 9.04. The molecule has 0 bridgehead atoms. The van der Waals surface area contributed by atoms with Crippen molar-refractivity contribution in [3.05, 3.63) is 50.7 Å². The lowest BCUT2D eigenvalue weighted by Crippen LogP contribution is -2.24. The van der Waals surface area contributed by atoms with Crippen molar-refractivity contribution in [2.75, 3.05) is 5.32 Å². The van der Waals surface area contributed by atoms with Gasteiger partial charge in [-0.2, -0.15) is 19.6 Å². The first-order chi connectivity index (χ1) is 14.0. The second-order valence-electron chi connectivity index (χ2n) is 6.81. The molecule has 0 radical (unpaired) electrons. The molecule has 0 aliphatic heterocycles. The Morgan fingerprint density at radius 3 is 2.97 bits per heavy atom. The molecule has 0 amide bonds. The molecule has 29 heavy (non-hydrogen) atoms. The standard InChI is InChI=1S/C17H17N9O3/c1-8-4-11(25-29-8)7-18-15-22-13-9(5-12-14(27)23-17(28)21-12)6-19-26(13)16(24-15)20-10-2-3-10/h4-6,10,27H,2-3,7H2,1H3,(H,18,20,24)(H2,21,23,28). The zero-order valence-corrected chi connectivity index (χ0v) is 15.4. The Bertz CT molecular complexity index is 1370. The minimum Gasteiger partial charge on any atom is -0.493 e.